The van der Waals surface area contributed by atoms with Crippen molar-refractivity contribution in [3.05, 3.63) is 0 Å². The monoisotopic (exact) mass is 556 g/mol. The predicted octanol–water partition coefficient (Wildman–Crippen LogP) is 11.1. The molecule has 0 nitrogen and oxygen atoms in total. The second-order valence-electron chi connectivity index (χ2n) is 18.8. The predicted molar refractivity (Wildman–Crippen MR) is 170 cm³/mol. The van der Waals surface area contributed by atoms with E-state index in [1.54, 1.807) is 95.8 Å². The molecule has 0 heterocycles. The molecule has 0 N–H and O–H groups in total. The van der Waals surface area contributed by atoms with E-state index >= 15 is 0 Å². The lowest BCUT2D eigenvalue weighted by Gasteiger charge is -2.68. The molecule has 0 radical (unpaired) electrons. The highest BCUT2D eigenvalue weighted by Gasteiger charge is 2.63. The van der Waals surface area contributed by atoms with Crippen molar-refractivity contribution in [2.75, 3.05) is 12.3 Å². The summed E-state index contributed by atoms with van der Waals surface area (Å²) in [7, 11) is 0.182. The van der Waals surface area contributed by atoms with Crippen LogP contribution in [0.5, 0.6) is 0 Å². The molecule has 0 spiro atoms. The van der Waals surface area contributed by atoms with Crippen LogP contribution in [0, 0.1) is 53.3 Å². The lowest BCUT2D eigenvalue weighted by molar-refractivity contribution is 0.0182. The molecular weight excluding hydrogens is 494 g/mol. The van der Waals surface area contributed by atoms with Crippen LogP contribution in [0.15, 0.2) is 0 Å². The Kier molecular flexibility index (Phi) is 6.87. The molecule has 3 atom stereocenters. The molecule has 216 valence electrons. The molecular formula is C36H62P2. The number of hydrogen-bond donors (Lipinski definition) is 0. The average molecular weight is 557 g/mol. The van der Waals surface area contributed by atoms with Gasteiger partial charge in [-0.2, -0.15) is 0 Å². The number of rotatable bonds is 6. The van der Waals surface area contributed by atoms with E-state index in [0.29, 0.717) is 10.3 Å². The maximum Gasteiger partial charge on any atom is -0.00814 e. The Morgan fingerprint density at radius 2 is 0.921 bits per heavy atom. The minimum atomic E-state index is 0.0211. The van der Waals surface area contributed by atoms with Crippen LogP contribution in [0.25, 0.3) is 0 Å². The molecule has 0 aliphatic heterocycles. The molecule has 9 aliphatic carbocycles. The summed E-state index contributed by atoms with van der Waals surface area (Å²) in [4.78, 5) is 0. The second kappa shape index (κ2) is 9.43. The van der Waals surface area contributed by atoms with Gasteiger partial charge < -0.3 is 0 Å². The maximum atomic E-state index is 2.68. The molecule has 0 aromatic carbocycles. The SMILES string of the molecule is CC1CC[C@H](CP(C23CC4CC(CC(C4)C2)C3)C23CC4CC(CC(C4)C2)C3)[C@@H]1CP(C(C)(C)C)C(C)(C)C. The Balaban J connectivity index is 1.22. The average Bonchev–Trinajstić information content (AvgIpc) is 3.11. The van der Waals surface area contributed by atoms with Gasteiger partial charge in [-0.1, -0.05) is 70.7 Å². The first-order chi connectivity index (χ1) is 17.8. The van der Waals surface area contributed by atoms with E-state index in [1.165, 1.54) is 6.42 Å². The van der Waals surface area contributed by atoms with Gasteiger partial charge in [-0.15, -0.1) is 0 Å². The van der Waals surface area contributed by atoms with E-state index in [1.807, 2.05) is 0 Å². The van der Waals surface area contributed by atoms with Gasteiger partial charge in [0, 0.05) is 0 Å². The fourth-order valence-electron chi connectivity index (χ4n) is 13.6. The third-order valence-corrected chi connectivity index (χ3v) is 22.2. The summed E-state index contributed by atoms with van der Waals surface area (Å²) in [6.07, 6.45) is 26.4. The van der Waals surface area contributed by atoms with Crippen molar-refractivity contribution in [2.24, 2.45) is 53.3 Å². The first-order valence-electron chi connectivity index (χ1n) is 17.4. The van der Waals surface area contributed by atoms with Crippen LogP contribution in [0.1, 0.15) is 138 Å². The van der Waals surface area contributed by atoms with Crippen LogP contribution >= 0.6 is 15.8 Å². The Morgan fingerprint density at radius 1 is 0.553 bits per heavy atom. The van der Waals surface area contributed by atoms with Gasteiger partial charge in [-0.25, -0.2) is 0 Å². The van der Waals surface area contributed by atoms with Crippen molar-refractivity contribution in [3.63, 3.8) is 0 Å². The van der Waals surface area contributed by atoms with E-state index in [2.05, 4.69) is 48.5 Å². The third-order valence-electron chi connectivity index (χ3n) is 13.9. The summed E-state index contributed by atoms with van der Waals surface area (Å²) >= 11 is 0. The molecule has 9 saturated carbocycles. The van der Waals surface area contributed by atoms with Crippen LogP contribution in [-0.4, -0.2) is 32.9 Å². The zero-order chi connectivity index (χ0) is 26.7. The van der Waals surface area contributed by atoms with E-state index in [-0.39, 0.29) is 15.8 Å². The van der Waals surface area contributed by atoms with Crippen LogP contribution in [0.3, 0.4) is 0 Å². The third kappa shape index (κ3) is 4.75. The molecule has 9 aliphatic rings. The maximum absolute atomic E-state index is 2.68. The molecule has 1 unspecified atom stereocenters. The van der Waals surface area contributed by atoms with Crippen LogP contribution in [-0.2, 0) is 0 Å². The Labute approximate surface area is 239 Å². The fraction of sp³-hybridized carbons (Fsp3) is 1.00. The highest BCUT2D eigenvalue weighted by Crippen LogP contribution is 2.79. The Hall–Kier alpha value is 0.860. The summed E-state index contributed by atoms with van der Waals surface area (Å²) < 4.78 is 0. The largest absolute Gasteiger partial charge is 0.0953 e. The fourth-order valence-corrected chi connectivity index (χ4v) is 23.4. The Bertz CT molecular complexity index is 759. The van der Waals surface area contributed by atoms with Gasteiger partial charge in [-0.3, -0.25) is 0 Å². The van der Waals surface area contributed by atoms with Crippen LogP contribution in [0.2, 0.25) is 0 Å². The van der Waals surface area contributed by atoms with E-state index < -0.39 is 0 Å². The van der Waals surface area contributed by atoms with Gasteiger partial charge >= 0.3 is 0 Å². The summed E-state index contributed by atoms with van der Waals surface area (Å²) in [5, 5.41) is 2.60. The second-order valence-corrected chi connectivity index (χ2v) is 25.8. The van der Waals surface area contributed by atoms with Crippen LogP contribution < -0.4 is 0 Å². The summed E-state index contributed by atoms with van der Waals surface area (Å²) in [6.45, 7) is 18.2. The van der Waals surface area contributed by atoms with Gasteiger partial charge in [0.05, 0.1) is 0 Å². The van der Waals surface area contributed by atoms with Crippen molar-refractivity contribution < 1.29 is 0 Å². The van der Waals surface area contributed by atoms with Crippen molar-refractivity contribution >= 4 is 15.8 Å². The topological polar surface area (TPSA) is 0 Å². The minimum absolute atomic E-state index is 0.0211. The van der Waals surface area contributed by atoms with Gasteiger partial charge in [-0.05, 0) is 170 Å². The first-order valence-corrected chi connectivity index (χ1v) is 20.4. The van der Waals surface area contributed by atoms with Gasteiger partial charge in [0.15, 0.2) is 0 Å². The molecule has 9 fully saturated rings. The summed E-state index contributed by atoms with van der Waals surface area (Å²) in [5.41, 5.74) is 0. The van der Waals surface area contributed by atoms with Crippen LogP contribution in [0.4, 0.5) is 0 Å². The summed E-state index contributed by atoms with van der Waals surface area (Å²) in [6, 6.07) is 0. The van der Waals surface area contributed by atoms with Crippen molar-refractivity contribution in [1.29, 1.82) is 0 Å². The minimum Gasteiger partial charge on any atom is -0.0953 e. The van der Waals surface area contributed by atoms with E-state index in [9.17, 15) is 0 Å². The van der Waals surface area contributed by atoms with Crippen molar-refractivity contribution in [3.8, 4) is 0 Å². The quantitative estimate of drug-likeness (QED) is 0.285. The standard InChI is InChI=1S/C36H62P2/c1-24-8-9-31(32(24)23-37(33(2,3)4)34(5,6)7)22-38(35-16-25-10-26(17-35)12-27(11-25)18-35)36-19-28-13-29(20-36)15-30(14-28)21-36/h24-32H,8-23H2,1-7H3/t24?,25?,26?,27?,28?,29?,30?,31-,32-,35?,36?,38?/m1/s1. The lowest BCUT2D eigenvalue weighted by Crippen LogP contribution is -2.57. The first kappa shape index (κ1) is 27.7. The Morgan fingerprint density at radius 3 is 1.26 bits per heavy atom. The molecule has 0 aromatic rings. The van der Waals surface area contributed by atoms with E-state index in [4.69, 9.17) is 0 Å². The zero-order valence-corrected chi connectivity index (χ0v) is 28.2. The smallest absolute Gasteiger partial charge is 0.00814 e. The molecule has 9 rings (SSSR count). The highest BCUT2D eigenvalue weighted by atomic mass is 31.1. The van der Waals surface area contributed by atoms with E-state index in [0.717, 1.165) is 63.6 Å². The van der Waals surface area contributed by atoms with Crippen molar-refractivity contribution in [1.82, 2.24) is 0 Å². The molecule has 38 heavy (non-hydrogen) atoms. The molecule has 0 aromatic heterocycles. The normalized spacial score (nSPS) is 50.4. The molecule has 0 amide bonds. The van der Waals surface area contributed by atoms with Gasteiger partial charge in [0.2, 0.25) is 0 Å². The number of hydrogen-bond acceptors (Lipinski definition) is 0. The van der Waals surface area contributed by atoms with Gasteiger partial charge in [0.1, 0.15) is 0 Å². The van der Waals surface area contributed by atoms with Gasteiger partial charge in [0.25, 0.3) is 0 Å². The molecule has 2 heteroatoms. The highest BCUT2D eigenvalue weighted by molar-refractivity contribution is 7.61. The summed E-state index contributed by atoms with van der Waals surface area (Å²) in [5.74, 6) is 9.85. The zero-order valence-electron chi connectivity index (χ0n) is 26.4. The molecule has 8 bridgehead atoms. The van der Waals surface area contributed by atoms with Crippen molar-refractivity contribution in [2.45, 2.75) is 159 Å². The molecule has 0 saturated heterocycles. The lowest BCUT2D eigenvalue weighted by atomic mass is 9.55.